The number of benzene rings is 2. The summed E-state index contributed by atoms with van der Waals surface area (Å²) in [6.07, 6.45) is 3.10. The molecule has 0 aromatic heterocycles. The van der Waals surface area contributed by atoms with E-state index in [9.17, 15) is 9.59 Å². The largest absolute Gasteiger partial charge is 0.497 e. The first kappa shape index (κ1) is 19.1. The summed E-state index contributed by atoms with van der Waals surface area (Å²) < 4.78 is 10.4. The van der Waals surface area contributed by atoms with Crippen molar-refractivity contribution in [2.24, 2.45) is 0 Å². The minimum Gasteiger partial charge on any atom is -0.497 e. The second kappa shape index (κ2) is 8.71. The summed E-state index contributed by atoms with van der Waals surface area (Å²) in [6.45, 7) is 3.27. The van der Waals surface area contributed by atoms with Crippen molar-refractivity contribution in [2.75, 3.05) is 24.9 Å². The Bertz CT molecular complexity index is 821. The molecule has 6 nitrogen and oxygen atoms in total. The van der Waals surface area contributed by atoms with Crippen molar-refractivity contribution < 1.29 is 19.1 Å². The van der Waals surface area contributed by atoms with Crippen LogP contribution in [-0.4, -0.2) is 26.0 Å². The van der Waals surface area contributed by atoms with Gasteiger partial charge >= 0.3 is 0 Å². The molecule has 0 atom stereocenters. The maximum absolute atomic E-state index is 12.2. The number of anilines is 2. The Balaban J connectivity index is 2.14. The van der Waals surface area contributed by atoms with Crippen LogP contribution in [0.2, 0.25) is 0 Å². The van der Waals surface area contributed by atoms with Crippen LogP contribution >= 0.6 is 0 Å². The fraction of sp³-hybridized carbons (Fsp3) is 0.200. The van der Waals surface area contributed by atoms with Crippen molar-refractivity contribution in [3.8, 4) is 11.5 Å². The molecule has 2 aromatic carbocycles. The van der Waals surface area contributed by atoms with Crippen LogP contribution in [0.3, 0.4) is 0 Å². The fourth-order valence-electron chi connectivity index (χ4n) is 2.37. The van der Waals surface area contributed by atoms with E-state index < -0.39 is 0 Å². The summed E-state index contributed by atoms with van der Waals surface area (Å²) in [6, 6.07) is 10.7. The van der Waals surface area contributed by atoms with Gasteiger partial charge < -0.3 is 20.1 Å². The third-order valence-corrected chi connectivity index (χ3v) is 3.70. The zero-order valence-corrected chi connectivity index (χ0v) is 15.3. The molecule has 0 saturated heterocycles. The van der Waals surface area contributed by atoms with Gasteiger partial charge in [-0.3, -0.25) is 9.59 Å². The van der Waals surface area contributed by atoms with Gasteiger partial charge in [-0.05, 0) is 48.4 Å². The third kappa shape index (κ3) is 5.11. The van der Waals surface area contributed by atoms with Crippen LogP contribution in [0.5, 0.6) is 11.5 Å². The molecule has 0 spiro atoms. The monoisotopic (exact) mass is 354 g/mol. The number of ether oxygens (including phenoxy) is 2. The second-order valence-corrected chi connectivity index (χ2v) is 5.63. The standard InChI is InChI=1S/C20H22N2O4/c1-13-18(21-14(2)23)6-5-7-19(13)22-20(24)9-8-15-10-16(25-3)12-17(11-15)26-4/h5-12H,1-4H3,(H,21,23)(H,22,24)/b9-8+. The minimum absolute atomic E-state index is 0.163. The molecule has 0 aliphatic rings. The van der Waals surface area contributed by atoms with Gasteiger partial charge in [0.25, 0.3) is 0 Å². The van der Waals surface area contributed by atoms with Crippen LogP contribution in [0, 0.1) is 6.92 Å². The van der Waals surface area contributed by atoms with Crippen LogP contribution < -0.4 is 20.1 Å². The molecule has 0 saturated carbocycles. The highest BCUT2D eigenvalue weighted by molar-refractivity contribution is 6.03. The molecule has 0 aliphatic carbocycles. The molecule has 0 bridgehead atoms. The van der Waals surface area contributed by atoms with E-state index >= 15 is 0 Å². The Hall–Kier alpha value is -3.28. The van der Waals surface area contributed by atoms with E-state index in [1.165, 1.54) is 13.0 Å². The Labute approximate surface area is 152 Å². The summed E-state index contributed by atoms with van der Waals surface area (Å²) >= 11 is 0. The molecule has 6 heteroatoms. The van der Waals surface area contributed by atoms with Gasteiger partial charge in [-0.15, -0.1) is 0 Å². The van der Waals surface area contributed by atoms with E-state index in [0.717, 1.165) is 11.1 Å². The predicted octanol–water partition coefficient (Wildman–Crippen LogP) is 3.62. The molecule has 0 radical (unpaired) electrons. The van der Waals surface area contributed by atoms with E-state index in [2.05, 4.69) is 10.6 Å². The van der Waals surface area contributed by atoms with Gasteiger partial charge in [0.2, 0.25) is 11.8 Å². The van der Waals surface area contributed by atoms with Gasteiger partial charge in [0.05, 0.1) is 14.2 Å². The highest BCUT2D eigenvalue weighted by Crippen LogP contribution is 2.24. The average Bonchev–Trinajstić information content (AvgIpc) is 2.62. The quantitative estimate of drug-likeness (QED) is 0.777. The van der Waals surface area contributed by atoms with Crippen LogP contribution in [-0.2, 0) is 9.59 Å². The number of carbonyl (C=O) groups excluding carboxylic acids is 2. The maximum atomic E-state index is 12.2. The van der Waals surface area contributed by atoms with Crippen LogP contribution in [0.4, 0.5) is 11.4 Å². The number of methoxy groups -OCH3 is 2. The van der Waals surface area contributed by atoms with Gasteiger partial charge in [0.1, 0.15) is 11.5 Å². The fourth-order valence-corrected chi connectivity index (χ4v) is 2.37. The SMILES string of the molecule is COc1cc(/C=C/C(=O)Nc2cccc(NC(C)=O)c2C)cc(OC)c1. The lowest BCUT2D eigenvalue weighted by atomic mass is 10.1. The summed E-state index contributed by atoms with van der Waals surface area (Å²) in [5.41, 5.74) is 2.86. The van der Waals surface area contributed by atoms with E-state index in [4.69, 9.17) is 9.47 Å². The van der Waals surface area contributed by atoms with Gasteiger partial charge in [0, 0.05) is 30.4 Å². The van der Waals surface area contributed by atoms with Gasteiger partial charge in [-0.2, -0.15) is 0 Å². The smallest absolute Gasteiger partial charge is 0.248 e. The van der Waals surface area contributed by atoms with Crippen LogP contribution in [0.1, 0.15) is 18.1 Å². The molecule has 2 rings (SSSR count). The van der Waals surface area contributed by atoms with Crippen molar-refractivity contribution >= 4 is 29.3 Å². The van der Waals surface area contributed by atoms with Crippen molar-refractivity contribution in [1.82, 2.24) is 0 Å². The molecule has 0 unspecified atom stereocenters. The number of hydrogen-bond acceptors (Lipinski definition) is 4. The summed E-state index contributed by atoms with van der Waals surface area (Å²) in [7, 11) is 3.14. The summed E-state index contributed by atoms with van der Waals surface area (Å²) in [5, 5.41) is 5.55. The normalized spacial score (nSPS) is 10.5. The molecule has 0 fully saturated rings. The number of hydrogen-bond donors (Lipinski definition) is 2. The average molecular weight is 354 g/mol. The van der Waals surface area contributed by atoms with Crippen molar-refractivity contribution in [1.29, 1.82) is 0 Å². The molecular weight excluding hydrogens is 332 g/mol. The minimum atomic E-state index is -0.283. The number of carbonyl (C=O) groups is 2. The Kier molecular flexibility index (Phi) is 6.38. The first-order chi connectivity index (χ1) is 12.4. The molecular formula is C20H22N2O4. The number of rotatable bonds is 6. The summed E-state index contributed by atoms with van der Waals surface area (Å²) in [4.78, 5) is 23.5. The lowest BCUT2D eigenvalue weighted by Crippen LogP contribution is -2.12. The van der Waals surface area contributed by atoms with Crippen molar-refractivity contribution in [3.05, 3.63) is 53.6 Å². The zero-order valence-electron chi connectivity index (χ0n) is 15.3. The maximum Gasteiger partial charge on any atom is 0.248 e. The van der Waals surface area contributed by atoms with E-state index in [1.54, 1.807) is 56.7 Å². The number of nitrogens with one attached hydrogen (secondary N) is 2. The number of amides is 2. The van der Waals surface area contributed by atoms with Crippen molar-refractivity contribution in [2.45, 2.75) is 13.8 Å². The van der Waals surface area contributed by atoms with Gasteiger partial charge in [-0.1, -0.05) is 6.07 Å². The highest BCUT2D eigenvalue weighted by atomic mass is 16.5. The molecule has 0 heterocycles. The topological polar surface area (TPSA) is 76.7 Å². The van der Waals surface area contributed by atoms with E-state index in [1.807, 2.05) is 6.92 Å². The van der Waals surface area contributed by atoms with Gasteiger partial charge in [-0.25, -0.2) is 0 Å². The Morgan fingerprint density at radius 3 is 2.08 bits per heavy atom. The second-order valence-electron chi connectivity index (χ2n) is 5.63. The first-order valence-electron chi connectivity index (χ1n) is 8.02. The molecule has 0 aliphatic heterocycles. The molecule has 2 N–H and O–H groups in total. The lowest BCUT2D eigenvalue weighted by molar-refractivity contribution is -0.114. The van der Waals surface area contributed by atoms with Gasteiger partial charge in [0.15, 0.2) is 0 Å². The molecule has 136 valence electrons. The van der Waals surface area contributed by atoms with Crippen LogP contribution in [0.25, 0.3) is 6.08 Å². The Morgan fingerprint density at radius 1 is 0.962 bits per heavy atom. The third-order valence-electron chi connectivity index (χ3n) is 3.70. The zero-order chi connectivity index (χ0) is 19.1. The van der Waals surface area contributed by atoms with Crippen molar-refractivity contribution in [3.63, 3.8) is 0 Å². The summed E-state index contributed by atoms with van der Waals surface area (Å²) in [5.74, 6) is 0.838. The lowest BCUT2D eigenvalue weighted by Gasteiger charge is -2.11. The first-order valence-corrected chi connectivity index (χ1v) is 8.02. The molecule has 2 aromatic rings. The molecule has 2 amide bonds. The molecule has 26 heavy (non-hydrogen) atoms. The highest BCUT2D eigenvalue weighted by Gasteiger charge is 2.07. The van der Waals surface area contributed by atoms with Crippen LogP contribution in [0.15, 0.2) is 42.5 Å². The van der Waals surface area contributed by atoms with E-state index in [-0.39, 0.29) is 11.8 Å². The van der Waals surface area contributed by atoms with E-state index in [0.29, 0.717) is 22.9 Å². The predicted molar refractivity (Wildman–Crippen MR) is 103 cm³/mol. The Morgan fingerprint density at radius 2 is 1.54 bits per heavy atom.